The Morgan fingerprint density at radius 2 is 2.20 bits per heavy atom. The van der Waals surface area contributed by atoms with Crippen LogP contribution in [0.4, 0.5) is 0 Å². The first kappa shape index (κ1) is 5.19. The number of ketones is 1. The summed E-state index contributed by atoms with van der Waals surface area (Å²) in [5.41, 5.74) is 0. The molecular formula is C3H5OSe. The van der Waals surface area contributed by atoms with Gasteiger partial charge in [0.2, 0.25) is 0 Å². The zero-order valence-corrected chi connectivity index (χ0v) is 4.74. The van der Waals surface area contributed by atoms with Crippen molar-refractivity contribution in [2.75, 3.05) is 0 Å². The SMILES string of the molecule is CC(=O)C[Se]. The number of Topliss-reactive ketones (excluding diaryl/α,β-unsaturated/α-hetero) is 1. The Labute approximate surface area is 39.6 Å². The molecule has 0 saturated carbocycles. The normalized spacial score (nSPS) is 7.60. The fourth-order valence-corrected chi connectivity index (χ4v) is 0. The molecule has 0 heterocycles. The van der Waals surface area contributed by atoms with Crippen molar-refractivity contribution in [3.63, 3.8) is 0 Å². The number of hydrogen-bond acceptors (Lipinski definition) is 1. The van der Waals surface area contributed by atoms with E-state index in [2.05, 4.69) is 16.0 Å². The quantitative estimate of drug-likeness (QED) is 0.469. The summed E-state index contributed by atoms with van der Waals surface area (Å²) in [6, 6.07) is 0. The third kappa shape index (κ3) is 4.19. The molecule has 0 spiro atoms. The second-order valence-corrected chi connectivity index (χ2v) is 1.45. The van der Waals surface area contributed by atoms with Crippen LogP contribution in [0.15, 0.2) is 0 Å². The summed E-state index contributed by atoms with van der Waals surface area (Å²) in [5.74, 6) is 0.199. The average Bonchev–Trinajstić information content (AvgIpc) is 1.38. The van der Waals surface area contributed by atoms with Crippen molar-refractivity contribution in [2.24, 2.45) is 0 Å². The van der Waals surface area contributed by atoms with Crippen LogP contribution in [0, 0.1) is 0 Å². The van der Waals surface area contributed by atoms with E-state index in [4.69, 9.17) is 0 Å². The van der Waals surface area contributed by atoms with Gasteiger partial charge in [-0.15, -0.1) is 0 Å². The second kappa shape index (κ2) is 2.43. The summed E-state index contributed by atoms with van der Waals surface area (Å²) in [6.07, 6.45) is 0. The van der Waals surface area contributed by atoms with Crippen molar-refractivity contribution >= 4 is 21.8 Å². The predicted molar refractivity (Wildman–Crippen MR) is 21.2 cm³/mol. The fraction of sp³-hybridized carbons (Fsp3) is 0.667. The number of carbonyl (C=O) groups is 1. The topological polar surface area (TPSA) is 17.1 Å². The van der Waals surface area contributed by atoms with Gasteiger partial charge in [-0.05, 0) is 0 Å². The summed E-state index contributed by atoms with van der Waals surface area (Å²) in [6.45, 7) is 1.55. The Balaban J connectivity index is 2.85. The number of rotatable bonds is 1. The molecule has 1 nitrogen and oxygen atoms in total. The van der Waals surface area contributed by atoms with E-state index in [9.17, 15) is 4.79 Å². The third-order valence-electron chi connectivity index (χ3n) is 0.203. The van der Waals surface area contributed by atoms with Gasteiger partial charge in [-0.1, -0.05) is 0 Å². The van der Waals surface area contributed by atoms with Gasteiger partial charge < -0.3 is 0 Å². The fourth-order valence-electron chi connectivity index (χ4n) is 0. The van der Waals surface area contributed by atoms with Crippen LogP contribution in [0.25, 0.3) is 0 Å². The first-order valence-corrected chi connectivity index (χ1v) is 2.56. The Kier molecular flexibility index (Phi) is 2.52. The van der Waals surface area contributed by atoms with Crippen LogP contribution in [0.3, 0.4) is 0 Å². The van der Waals surface area contributed by atoms with Crippen molar-refractivity contribution in [3.05, 3.63) is 0 Å². The number of hydrogen-bond donors (Lipinski definition) is 0. The van der Waals surface area contributed by atoms with E-state index in [1.54, 1.807) is 6.92 Å². The van der Waals surface area contributed by atoms with E-state index >= 15 is 0 Å². The standard InChI is InChI=1S/C3H5OSe/c1-3(4)2-5/h2H2,1H3. The van der Waals surface area contributed by atoms with Crippen LogP contribution >= 0.6 is 0 Å². The van der Waals surface area contributed by atoms with Crippen LogP contribution in [0.5, 0.6) is 0 Å². The maximum atomic E-state index is 9.78. The summed E-state index contributed by atoms with van der Waals surface area (Å²) in [4.78, 5) is 9.78. The van der Waals surface area contributed by atoms with Gasteiger partial charge in [0.15, 0.2) is 0 Å². The van der Waals surface area contributed by atoms with Crippen molar-refractivity contribution in [1.29, 1.82) is 0 Å². The van der Waals surface area contributed by atoms with Gasteiger partial charge in [0, 0.05) is 0 Å². The molecular weight excluding hydrogens is 131 g/mol. The molecule has 0 amide bonds. The van der Waals surface area contributed by atoms with E-state index in [1.165, 1.54) is 0 Å². The first-order valence-electron chi connectivity index (χ1n) is 1.35. The number of carbonyl (C=O) groups excluding carboxylic acids is 1. The Morgan fingerprint density at radius 3 is 2.20 bits per heavy atom. The molecule has 0 N–H and O–H groups in total. The Morgan fingerprint density at radius 1 is 2.00 bits per heavy atom. The summed E-state index contributed by atoms with van der Waals surface area (Å²) < 4.78 is 0. The van der Waals surface area contributed by atoms with Crippen molar-refractivity contribution in [3.8, 4) is 0 Å². The van der Waals surface area contributed by atoms with Gasteiger partial charge in [-0.3, -0.25) is 0 Å². The maximum absolute atomic E-state index is 9.78. The van der Waals surface area contributed by atoms with E-state index in [0.29, 0.717) is 5.32 Å². The molecule has 0 aliphatic heterocycles. The third-order valence-corrected chi connectivity index (χ3v) is 1.06. The Bertz CT molecular complexity index is 42.2. The van der Waals surface area contributed by atoms with Crippen LogP contribution in [-0.4, -0.2) is 21.8 Å². The molecule has 0 saturated heterocycles. The van der Waals surface area contributed by atoms with E-state index in [0.717, 1.165) is 0 Å². The molecule has 0 bridgehead atoms. The van der Waals surface area contributed by atoms with Gasteiger partial charge in [0.25, 0.3) is 0 Å². The Hall–Kier alpha value is 0.189. The van der Waals surface area contributed by atoms with Crippen molar-refractivity contribution < 1.29 is 4.79 Å². The van der Waals surface area contributed by atoms with Crippen molar-refractivity contribution in [1.82, 2.24) is 0 Å². The van der Waals surface area contributed by atoms with Crippen LogP contribution in [0.2, 0.25) is 5.32 Å². The molecule has 0 unspecified atom stereocenters. The van der Waals surface area contributed by atoms with Gasteiger partial charge in [-0.25, -0.2) is 0 Å². The summed E-state index contributed by atoms with van der Waals surface area (Å²) in [5, 5.41) is 0.542. The predicted octanol–water partition coefficient (Wildman–Crippen LogP) is 0.162. The second-order valence-electron chi connectivity index (χ2n) is 0.846. The monoisotopic (exact) mass is 137 g/mol. The zero-order valence-electron chi connectivity index (χ0n) is 3.02. The molecule has 2 heteroatoms. The molecule has 0 atom stereocenters. The summed E-state index contributed by atoms with van der Waals surface area (Å²) in [7, 11) is 0. The molecule has 5 heavy (non-hydrogen) atoms. The minimum absolute atomic E-state index is 0.199. The van der Waals surface area contributed by atoms with Gasteiger partial charge in [-0.2, -0.15) is 0 Å². The van der Waals surface area contributed by atoms with Gasteiger partial charge in [0.05, 0.1) is 0 Å². The molecule has 0 aromatic heterocycles. The first-order chi connectivity index (χ1) is 2.27. The average molecular weight is 136 g/mol. The molecule has 0 fully saturated rings. The molecule has 29 valence electrons. The molecule has 0 aliphatic carbocycles. The van der Waals surface area contributed by atoms with Crippen LogP contribution < -0.4 is 0 Å². The van der Waals surface area contributed by atoms with Gasteiger partial charge in [0.1, 0.15) is 0 Å². The van der Waals surface area contributed by atoms with Crippen LogP contribution in [0.1, 0.15) is 6.92 Å². The molecule has 0 rings (SSSR count). The van der Waals surface area contributed by atoms with Gasteiger partial charge >= 0.3 is 38.8 Å². The van der Waals surface area contributed by atoms with Crippen molar-refractivity contribution in [2.45, 2.75) is 12.2 Å². The minimum atomic E-state index is 0.199. The van der Waals surface area contributed by atoms with E-state index < -0.39 is 0 Å². The molecule has 0 aromatic rings. The molecule has 1 radical (unpaired) electrons. The summed E-state index contributed by atoms with van der Waals surface area (Å²) >= 11 is 2.59. The van der Waals surface area contributed by atoms with E-state index in [-0.39, 0.29) is 5.78 Å². The zero-order chi connectivity index (χ0) is 4.28. The van der Waals surface area contributed by atoms with E-state index in [1.807, 2.05) is 0 Å². The molecule has 0 aromatic carbocycles. The molecule has 0 aliphatic rings. The van der Waals surface area contributed by atoms with Crippen LogP contribution in [-0.2, 0) is 4.79 Å².